The van der Waals surface area contributed by atoms with Crippen LogP contribution in [0.4, 0.5) is 0 Å². The van der Waals surface area contributed by atoms with E-state index in [-0.39, 0.29) is 6.10 Å². The molecule has 16 heavy (non-hydrogen) atoms. The number of aliphatic hydroxyl groups is 1. The zero-order chi connectivity index (χ0) is 11.4. The fraction of sp³-hybridized carbons (Fsp3) is 1.00. The van der Waals surface area contributed by atoms with Crippen LogP contribution < -0.4 is 5.32 Å². The summed E-state index contributed by atoms with van der Waals surface area (Å²) >= 11 is 0. The number of rotatable bonds is 2. The molecule has 2 fully saturated rings. The van der Waals surface area contributed by atoms with Crippen LogP contribution in [0.15, 0.2) is 0 Å². The summed E-state index contributed by atoms with van der Waals surface area (Å²) < 4.78 is 0. The van der Waals surface area contributed by atoms with Crippen molar-refractivity contribution in [2.75, 3.05) is 20.1 Å². The summed E-state index contributed by atoms with van der Waals surface area (Å²) in [5, 5.41) is 13.4. The monoisotopic (exact) mass is 226 g/mol. The van der Waals surface area contributed by atoms with Crippen molar-refractivity contribution in [3.05, 3.63) is 0 Å². The van der Waals surface area contributed by atoms with Gasteiger partial charge in [-0.25, -0.2) is 0 Å². The minimum absolute atomic E-state index is 0.0558. The van der Waals surface area contributed by atoms with Crippen molar-refractivity contribution in [3.63, 3.8) is 0 Å². The van der Waals surface area contributed by atoms with Crippen molar-refractivity contribution in [1.29, 1.82) is 0 Å². The largest absolute Gasteiger partial charge is 0.393 e. The third-order valence-electron chi connectivity index (χ3n) is 4.07. The maximum Gasteiger partial charge on any atom is 0.0555 e. The van der Waals surface area contributed by atoms with Gasteiger partial charge < -0.3 is 15.3 Å². The van der Waals surface area contributed by atoms with Crippen LogP contribution in [-0.4, -0.2) is 48.3 Å². The molecule has 1 saturated heterocycles. The molecule has 3 unspecified atom stereocenters. The lowest BCUT2D eigenvalue weighted by Gasteiger charge is -2.30. The summed E-state index contributed by atoms with van der Waals surface area (Å²) in [6, 6.07) is 1.25. The van der Waals surface area contributed by atoms with Gasteiger partial charge in [-0.3, -0.25) is 0 Å². The Morgan fingerprint density at radius 3 is 2.62 bits per heavy atom. The highest BCUT2D eigenvalue weighted by Crippen LogP contribution is 2.20. The molecule has 1 aliphatic carbocycles. The van der Waals surface area contributed by atoms with Crippen molar-refractivity contribution >= 4 is 0 Å². The van der Waals surface area contributed by atoms with Gasteiger partial charge in [0, 0.05) is 12.1 Å². The second-order valence-corrected chi connectivity index (χ2v) is 5.62. The van der Waals surface area contributed by atoms with E-state index in [1.54, 1.807) is 0 Å². The average molecular weight is 226 g/mol. The minimum Gasteiger partial charge on any atom is -0.393 e. The van der Waals surface area contributed by atoms with Gasteiger partial charge in [-0.2, -0.15) is 0 Å². The molecule has 3 heteroatoms. The van der Waals surface area contributed by atoms with E-state index < -0.39 is 0 Å². The Kier molecular flexibility index (Phi) is 4.62. The molecule has 0 bridgehead atoms. The summed E-state index contributed by atoms with van der Waals surface area (Å²) in [5.41, 5.74) is 0. The Labute approximate surface area is 99.2 Å². The fourth-order valence-electron chi connectivity index (χ4n) is 3.06. The van der Waals surface area contributed by atoms with E-state index in [2.05, 4.69) is 17.3 Å². The number of likely N-dealkylation sites (tertiary alicyclic amines) is 1. The van der Waals surface area contributed by atoms with E-state index in [4.69, 9.17) is 0 Å². The lowest BCUT2D eigenvalue weighted by Crippen LogP contribution is -2.42. The van der Waals surface area contributed by atoms with E-state index in [1.165, 1.54) is 45.2 Å². The Balaban J connectivity index is 1.75. The number of aliphatic hydroxyl groups excluding tert-OH is 1. The summed E-state index contributed by atoms with van der Waals surface area (Å²) in [5.74, 6) is 0. The highest BCUT2D eigenvalue weighted by molar-refractivity contribution is 4.82. The minimum atomic E-state index is -0.0558. The molecule has 2 rings (SSSR count). The molecule has 0 radical (unpaired) electrons. The van der Waals surface area contributed by atoms with Crippen LogP contribution >= 0.6 is 0 Å². The molecule has 0 aromatic heterocycles. The van der Waals surface area contributed by atoms with Gasteiger partial charge in [0.2, 0.25) is 0 Å². The van der Waals surface area contributed by atoms with Gasteiger partial charge in [-0.1, -0.05) is 0 Å². The molecule has 94 valence electrons. The van der Waals surface area contributed by atoms with E-state index in [1.807, 2.05) is 0 Å². The van der Waals surface area contributed by atoms with E-state index in [0.29, 0.717) is 12.1 Å². The van der Waals surface area contributed by atoms with Crippen LogP contribution in [0.1, 0.15) is 44.9 Å². The Bertz CT molecular complexity index is 210. The predicted octanol–water partition coefficient (Wildman–Crippen LogP) is 1.36. The van der Waals surface area contributed by atoms with Gasteiger partial charge in [0.05, 0.1) is 6.10 Å². The number of nitrogens with zero attached hydrogens (tertiary/aromatic N) is 1. The number of nitrogens with one attached hydrogen (secondary N) is 1. The molecule has 3 atom stereocenters. The molecule has 1 heterocycles. The summed E-state index contributed by atoms with van der Waals surface area (Å²) in [6.45, 7) is 2.46. The SMILES string of the molecule is CN1CCCC(NC2CCCC(O)C2)CC1. The first-order valence-corrected chi connectivity index (χ1v) is 6.86. The van der Waals surface area contributed by atoms with Gasteiger partial charge in [0.25, 0.3) is 0 Å². The quantitative estimate of drug-likeness (QED) is 0.746. The topological polar surface area (TPSA) is 35.5 Å². The molecular weight excluding hydrogens is 200 g/mol. The van der Waals surface area contributed by atoms with Crippen molar-refractivity contribution < 1.29 is 5.11 Å². The van der Waals surface area contributed by atoms with Crippen molar-refractivity contribution in [2.24, 2.45) is 0 Å². The van der Waals surface area contributed by atoms with Gasteiger partial charge in [-0.05, 0) is 65.1 Å². The average Bonchev–Trinajstić information content (AvgIpc) is 2.44. The van der Waals surface area contributed by atoms with Gasteiger partial charge in [0.15, 0.2) is 0 Å². The first kappa shape index (κ1) is 12.3. The molecule has 0 aromatic carbocycles. The molecule has 0 amide bonds. The fourth-order valence-corrected chi connectivity index (χ4v) is 3.06. The normalized spacial score (nSPS) is 38.2. The van der Waals surface area contributed by atoms with Gasteiger partial charge >= 0.3 is 0 Å². The first-order valence-electron chi connectivity index (χ1n) is 6.86. The third kappa shape index (κ3) is 3.72. The zero-order valence-electron chi connectivity index (χ0n) is 10.5. The number of hydrogen-bond donors (Lipinski definition) is 2. The van der Waals surface area contributed by atoms with E-state index >= 15 is 0 Å². The molecule has 2 N–H and O–H groups in total. The molecule has 0 spiro atoms. The molecular formula is C13H26N2O. The molecule has 2 aliphatic rings. The highest BCUT2D eigenvalue weighted by Gasteiger charge is 2.23. The first-order chi connectivity index (χ1) is 7.74. The summed E-state index contributed by atoms with van der Waals surface area (Å²) in [7, 11) is 2.22. The Morgan fingerprint density at radius 1 is 1.00 bits per heavy atom. The van der Waals surface area contributed by atoms with Crippen molar-refractivity contribution in [1.82, 2.24) is 10.2 Å². The second kappa shape index (κ2) is 5.99. The maximum absolute atomic E-state index is 9.66. The van der Waals surface area contributed by atoms with E-state index in [0.717, 1.165) is 12.8 Å². The number of hydrogen-bond acceptors (Lipinski definition) is 3. The van der Waals surface area contributed by atoms with Crippen LogP contribution in [0.5, 0.6) is 0 Å². The summed E-state index contributed by atoms with van der Waals surface area (Å²) in [6.07, 6.45) is 8.23. The van der Waals surface area contributed by atoms with Gasteiger partial charge in [-0.15, -0.1) is 0 Å². The standard InChI is InChI=1S/C13H26N2O/c1-15-8-3-5-11(7-9-15)14-12-4-2-6-13(16)10-12/h11-14,16H,2-10H2,1H3. The predicted molar refractivity (Wildman–Crippen MR) is 66.5 cm³/mol. The van der Waals surface area contributed by atoms with Crippen molar-refractivity contribution in [2.45, 2.75) is 63.1 Å². The molecule has 3 nitrogen and oxygen atoms in total. The zero-order valence-corrected chi connectivity index (χ0v) is 10.5. The maximum atomic E-state index is 9.66. The molecule has 0 aromatic rings. The Hall–Kier alpha value is -0.120. The smallest absolute Gasteiger partial charge is 0.0555 e. The third-order valence-corrected chi connectivity index (χ3v) is 4.07. The highest BCUT2D eigenvalue weighted by atomic mass is 16.3. The summed E-state index contributed by atoms with van der Waals surface area (Å²) in [4.78, 5) is 2.43. The van der Waals surface area contributed by atoms with Crippen LogP contribution in [0.3, 0.4) is 0 Å². The van der Waals surface area contributed by atoms with Crippen LogP contribution in [0.25, 0.3) is 0 Å². The second-order valence-electron chi connectivity index (χ2n) is 5.62. The van der Waals surface area contributed by atoms with Gasteiger partial charge in [0.1, 0.15) is 0 Å². The van der Waals surface area contributed by atoms with Crippen molar-refractivity contribution in [3.8, 4) is 0 Å². The van der Waals surface area contributed by atoms with E-state index in [9.17, 15) is 5.11 Å². The molecule has 1 saturated carbocycles. The van der Waals surface area contributed by atoms with Crippen LogP contribution in [0.2, 0.25) is 0 Å². The lowest BCUT2D eigenvalue weighted by molar-refractivity contribution is 0.108. The van der Waals surface area contributed by atoms with Crippen LogP contribution in [-0.2, 0) is 0 Å². The van der Waals surface area contributed by atoms with Crippen LogP contribution in [0, 0.1) is 0 Å². The lowest BCUT2D eigenvalue weighted by atomic mass is 9.92. The Morgan fingerprint density at radius 2 is 1.81 bits per heavy atom. The molecule has 1 aliphatic heterocycles.